The monoisotopic (exact) mass is 223 g/mol. The maximum Gasteiger partial charge on any atom is 0.0118 e. The summed E-state index contributed by atoms with van der Waals surface area (Å²) in [4.78, 5) is 0. The van der Waals surface area contributed by atoms with Gasteiger partial charge in [0, 0.05) is 6.04 Å². The van der Waals surface area contributed by atoms with Gasteiger partial charge in [0.15, 0.2) is 0 Å². The summed E-state index contributed by atoms with van der Waals surface area (Å²) in [6, 6.07) is 2.98. The molecule has 0 spiro atoms. The molecule has 0 saturated heterocycles. The van der Waals surface area contributed by atoms with E-state index in [-0.39, 0.29) is 0 Å². The summed E-state index contributed by atoms with van der Waals surface area (Å²) < 4.78 is 0. The van der Waals surface area contributed by atoms with Crippen LogP contribution in [0, 0.1) is 11.8 Å². The van der Waals surface area contributed by atoms with Crippen molar-refractivity contribution in [1.82, 2.24) is 5.32 Å². The third-order valence-corrected chi connectivity index (χ3v) is 3.95. The second kappa shape index (κ2) is 5.13. The molecule has 0 radical (unpaired) electrons. The number of rotatable bonds is 6. The van der Waals surface area contributed by atoms with E-state index < -0.39 is 0 Å². The molecule has 1 aromatic heterocycles. The molecule has 84 valence electrons. The summed E-state index contributed by atoms with van der Waals surface area (Å²) in [5, 5.41) is 8.14. The number of hydrogen-bond donors (Lipinski definition) is 1. The molecule has 1 aliphatic rings. The van der Waals surface area contributed by atoms with Gasteiger partial charge in [-0.25, -0.2) is 0 Å². The molecule has 0 aromatic carbocycles. The average molecular weight is 223 g/mol. The molecule has 1 unspecified atom stereocenters. The summed E-state index contributed by atoms with van der Waals surface area (Å²) in [5.41, 5.74) is 1.48. The average Bonchev–Trinajstić information content (AvgIpc) is 2.89. The number of hydrogen-bond acceptors (Lipinski definition) is 2. The van der Waals surface area contributed by atoms with Gasteiger partial charge in [-0.2, -0.15) is 11.3 Å². The van der Waals surface area contributed by atoms with E-state index in [1.807, 2.05) is 0 Å². The Morgan fingerprint density at radius 2 is 2.27 bits per heavy atom. The van der Waals surface area contributed by atoms with Crippen LogP contribution in [-0.4, -0.2) is 12.6 Å². The largest absolute Gasteiger partial charge is 0.313 e. The molecule has 0 bridgehead atoms. The summed E-state index contributed by atoms with van der Waals surface area (Å²) >= 11 is 1.80. The second-order valence-electron chi connectivity index (χ2n) is 4.94. The van der Waals surface area contributed by atoms with E-state index >= 15 is 0 Å². The zero-order valence-electron chi connectivity index (χ0n) is 9.70. The van der Waals surface area contributed by atoms with Crippen LogP contribution in [0.3, 0.4) is 0 Å². The van der Waals surface area contributed by atoms with Crippen LogP contribution in [-0.2, 0) is 6.42 Å². The zero-order valence-corrected chi connectivity index (χ0v) is 10.5. The highest BCUT2D eigenvalue weighted by Gasteiger charge is 2.32. The summed E-state index contributed by atoms with van der Waals surface area (Å²) in [7, 11) is 0. The molecule has 0 aliphatic heterocycles. The van der Waals surface area contributed by atoms with E-state index in [1.165, 1.54) is 24.8 Å². The van der Waals surface area contributed by atoms with Crippen LogP contribution in [0.5, 0.6) is 0 Å². The molecule has 2 rings (SSSR count). The quantitative estimate of drug-likeness (QED) is 0.780. The lowest BCUT2D eigenvalue weighted by molar-refractivity contribution is 0.363. The minimum Gasteiger partial charge on any atom is -0.313 e. The van der Waals surface area contributed by atoms with Gasteiger partial charge in [0.1, 0.15) is 0 Å². The molecular weight excluding hydrogens is 202 g/mol. The number of thiophene rings is 1. The molecule has 1 fully saturated rings. The Morgan fingerprint density at radius 1 is 1.47 bits per heavy atom. The summed E-state index contributed by atoms with van der Waals surface area (Å²) in [5.74, 6) is 1.74. The van der Waals surface area contributed by atoms with Crippen molar-refractivity contribution in [2.24, 2.45) is 11.8 Å². The minimum absolute atomic E-state index is 0.753. The van der Waals surface area contributed by atoms with Crippen molar-refractivity contribution < 1.29 is 0 Å². The maximum atomic E-state index is 3.72. The van der Waals surface area contributed by atoms with Crippen LogP contribution < -0.4 is 5.32 Å². The highest BCUT2D eigenvalue weighted by molar-refractivity contribution is 7.07. The smallest absolute Gasteiger partial charge is 0.0118 e. The highest BCUT2D eigenvalue weighted by atomic mass is 32.1. The summed E-state index contributed by atoms with van der Waals surface area (Å²) in [6.07, 6.45) is 4.06. The molecule has 1 aromatic rings. The first-order valence-corrected chi connectivity index (χ1v) is 6.96. The fourth-order valence-electron chi connectivity index (χ4n) is 2.22. The van der Waals surface area contributed by atoms with Crippen LogP contribution >= 0.6 is 11.3 Å². The molecule has 0 amide bonds. The van der Waals surface area contributed by atoms with E-state index in [4.69, 9.17) is 0 Å². The first kappa shape index (κ1) is 11.2. The lowest BCUT2D eigenvalue weighted by Crippen LogP contribution is -2.37. The molecule has 1 atom stereocenters. The Labute approximate surface area is 96.9 Å². The van der Waals surface area contributed by atoms with E-state index in [0.29, 0.717) is 0 Å². The zero-order chi connectivity index (χ0) is 10.7. The summed E-state index contributed by atoms with van der Waals surface area (Å²) in [6.45, 7) is 5.80. The highest BCUT2D eigenvalue weighted by Crippen LogP contribution is 2.35. The lowest BCUT2D eigenvalue weighted by atomic mass is 9.99. The maximum absolute atomic E-state index is 3.72. The van der Waals surface area contributed by atoms with E-state index in [9.17, 15) is 0 Å². The van der Waals surface area contributed by atoms with Gasteiger partial charge in [-0.05, 0) is 60.0 Å². The van der Waals surface area contributed by atoms with Gasteiger partial charge in [-0.1, -0.05) is 13.8 Å². The van der Waals surface area contributed by atoms with Crippen molar-refractivity contribution in [1.29, 1.82) is 0 Å². The molecule has 1 nitrogen and oxygen atoms in total. The predicted octanol–water partition coefficient (Wildman–Crippen LogP) is 3.31. The van der Waals surface area contributed by atoms with E-state index in [0.717, 1.165) is 24.4 Å². The topological polar surface area (TPSA) is 12.0 Å². The molecule has 1 saturated carbocycles. The van der Waals surface area contributed by atoms with Crippen molar-refractivity contribution in [2.75, 3.05) is 6.54 Å². The Morgan fingerprint density at radius 3 is 2.80 bits per heavy atom. The fraction of sp³-hybridized carbons (Fsp3) is 0.692. The van der Waals surface area contributed by atoms with Crippen molar-refractivity contribution in [3.63, 3.8) is 0 Å². The predicted molar refractivity (Wildman–Crippen MR) is 67.4 cm³/mol. The Hall–Kier alpha value is -0.340. The van der Waals surface area contributed by atoms with Gasteiger partial charge >= 0.3 is 0 Å². The first-order chi connectivity index (χ1) is 7.27. The van der Waals surface area contributed by atoms with Crippen molar-refractivity contribution >= 4 is 11.3 Å². The molecular formula is C13H21NS. The van der Waals surface area contributed by atoms with Crippen LogP contribution in [0.25, 0.3) is 0 Å². The fourth-order valence-corrected chi connectivity index (χ4v) is 2.92. The van der Waals surface area contributed by atoms with E-state index in [1.54, 1.807) is 11.3 Å². The SMILES string of the molecule is CC(C)C(NCCc1ccsc1)C1CC1. The van der Waals surface area contributed by atoms with Crippen molar-refractivity contribution in [3.8, 4) is 0 Å². The molecule has 1 N–H and O–H groups in total. The van der Waals surface area contributed by atoms with Crippen LogP contribution in [0.4, 0.5) is 0 Å². The van der Waals surface area contributed by atoms with Crippen LogP contribution in [0.1, 0.15) is 32.3 Å². The van der Waals surface area contributed by atoms with Gasteiger partial charge in [-0.3, -0.25) is 0 Å². The second-order valence-corrected chi connectivity index (χ2v) is 5.72. The van der Waals surface area contributed by atoms with Crippen molar-refractivity contribution in [3.05, 3.63) is 22.4 Å². The Kier molecular flexibility index (Phi) is 3.81. The van der Waals surface area contributed by atoms with Crippen LogP contribution in [0.2, 0.25) is 0 Å². The van der Waals surface area contributed by atoms with Crippen molar-refractivity contribution in [2.45, 2.75) is 39.2 Å². The first-order valence-electron chi connectivity index (χ1n) is 6.02. The third-order valence-electron chi connectivity index (χ3n) is 3.22. The van der Waals surface area contributed by atoms with Gasteiger partial charge in [0.2, 0.25) is 0 Å². The normalized spacial score (nSPS) is 18.3. The lowest BCUT2D eigenvalue weighted by Gasteiger charge is -2.22. The standard InChI is InChI=1S/C13H21NS/c1-10(2)13(12-3-4-12)14-7-5-11-6-8-15-9-11/h6,8-10,12-14H,3-5,7H2,1-2H3. The third kappa shape index (κ3) is 3.32. The van der Waals surface area contributed by atoms with Gasteiger partial charge in [0.25, 0.3) is 0 Å². The number of nitrogens with one attached hydrogen (secondary N) is 1. The molecule has 1 heterocycles. The van der Waals surface area contributed by atoms with Gasteiger partial charge < -0.3 is 5.32 Å². The van der Waals surface area contributed by atoms with Gasteiger partial charge in [-0.15, -0.1) is 0 Å². The van der Waals surface area contributed by atoms with Crippen LogP contribution in [0.15, 0.2) is 16.8 Å². The molecule has 1 aliphatic carbocycles. The minimum atomic E-state index is 0.753. The Bertz CT molecular complexity index is 273. The van der Waals surface area contributed by atoms with Gasteiger partial charge in [0.05, 0.1) is 0 Å². The molecule has 15 heavy (non-hydrogen) atoms. The molecule has 2 heteroatoms. The van der Waals surface area contributed by atoms with E-state index in [2.05, 4.69) is 36.0 Å². The Balaban J connectivity index is 1.71.